The predicted molar refractivity (Wildman–Crippen MR) is 232 cm³/mol. The molecule has 9 rings (SSSR count). The van der Waals surface area contributed by atoms with Crippen molar-refractivity contribution in [2.45, 2.75) is 58.5 Å². The average molecular weight is 789 g/mol. The van der Waals surface area contributed by atoms with E-state index in [2.05, 4.69) is 95.8 Å². The van der Waals surface area contributed by atoms with Crippen LogP contribution in [-0.2, 0) is 16.6 Å². The minimum atomic E-state index is -0.0616. The molecule has 2 N–H and O–H groups in total. The highest BCUT2D eigenvalue weighted by molar-refractivity contribution is 5.98. The number of anilines is 2. The maximum atomic E-state index is 11.8. The molecule has 59 heavy (non-hydrogen) atoms. The number of fused-ring (bicyclic) bond motifs is 3. The van der Waals surface area contributed by atoms with Crippen LogP contribution in [0.3, 0.4) is 0 Å². The lowest BCUT2D eigenvalue weighted by Gasteiger charge is -2.33. The van der Waals surface area contributed by atoms with Gasteiger partial charge in [-0.1, -0.05) is 18.2 Å². The van der Waals surface area contributed by atoms with E-state index < -0.39 is 0 Å². The Balaban J connectivity index is 0.000000164. The Labute approximate surface area is 342 Å². The standard InChI is InChI=1S/C24H25N5O.C22H23N5O2/c1-16(30)29-10-3-4-19(15-29)27-20-13-21(24-22(14-20)25-8-9-26-24)18-6-5-17-7-11-28(2)23(17)12-18;1-14(28)20-4-3-16(13-25-20)19-11-18(12-21-22(19)24-8-7-23-21)26-17-5-9-27(10-6-17)15(2)29/h5-9,11-14,19,27H,3-4,10,15H2,1-2H3;3-4,7-8,11-13,17,26H,5-6,9-10H2,1-2H3/t19-;/m1./s1. The first-order valence-corrected chi connectivity index (χ1v) is 20.2. The van der Waals surface area contributed by atoms with E-state index in [0.717, 1.165) is 108 Å². The number of pyridine rings is 1. The van der Waals surface area contributed by atoms with Crippen molar-refractivity contribution in [3.8, 4) is 22.3 Å². The van der Waals surface area contributed by atoms with Crippen LogP contribution >= 0.6 is 0 Å². The summed E-state index contributed by atoms with van der Waals surface area (Å²) in [7, 11) is 2.06. The van der Waals surface area contributed by atoms with Gasteiger partial charge in [0.15, 0.2) is 5.78 Å². The number of hydrogen-bond donors (Lipinski definition) is 2. The summed E-state index contributed by atoms with van der Waals surface area (Å²) in [5.41, 5.74) is 10.9. The highest BCUT2D eigenvalue weighted by atomic mass is 16.2. The largest absolute Gasteiger partial charge is 0.382 e. The van der Waals surface area contributed by atoms with Gasteiger partial charge in [-0.05, 0) is 79.1 Å². The molecule has 13 nitrogen and oxygen atoms in total. The Morgan fingerprint density at radius 1 is 0.627 bits per heavy atom. The summed E-state index contributed by atoms with van der Waals surface area (Å²) in [6.07, 6.45) is 14.5. The molecule has 2 aliphatic rings. The molecule has 3 aromatic carbocycles. The van der Waals surface area contributed by atoms with Crippen molar-refractivity contribution in [3.63, 3.8) is 0 Å². The van der Waals surface area contributed by atoms with Gasteiger partial charge < -0.3 is 25.0 Å². The number of carbonyl (C=O) groups excluding carboxylic acids is 3. The maximum Gasteiger partial charge on any atom is 0.219 e. The van der Waals surface area contributed by atoms with Gasteiger partial charge in [-0.2, -0.15) is 0 Å². The SMILES string of the molecule is CC(=O)N1CCC[C@@H](Nc2cc(-c3ccc4ccn(C)c4c3)c3nccnc3c2)C1.CC(=O)c1ccc(-c2cc(NC3CCN(C(C)=O)CC3)cc3nccnc23)cn1. The molecule has 300 valence electrons. The lowest BCUT2D eigenvalue weighted by atomic mass is 10.0. The molecule has 2 aliphatic heterocycles. The molecule has 1 atom stereocenters. The van der Waals surface area contributed by atoms with Gasteiger partial charge in [0.25, 0.3) is 0 Å². The minimum Gasteiger partial charge on any atom is -0.382 e. The fourth-order valence-electron chi connectivity index (χ4n) is 8.14. The van der Waals surface area contributed by atoms with Gasteiger partial charge in [-0.3, -0.25) is 39.3 Å². The Hall–Kier alpha value is -6.76. The molecule has 2 fully saturated rings. The lowest BCUT2D eigenvalue weighted by molar-refractivity contribution is -0.130. The van der Waals surface area contributed by atoms with Crippen LogP contribution < -0.4 is 10.6 Å². The maximum absolute atomic E-state index is 11.8. The summed E-state index contributed by atoms with van der Waals surface area (Å²) >= 11 is 0. The van der Waals surface area contributed by atoms with Crippen molar-refractivity contribution >= 4 is 61.9 Å². The number of piperidine rings is 2. The molecule has 2 amide bonds. The Morgan fingerprint density at radius 2 is 1.24 bits per heavy atom. The van der Waals surface area contributed by atoms with Gasteiger partial charge >= 0.3 is 0 Å². The van der Waals surface area contributed by atoms with Gasteiger partial charge in [0.05, 0.1) is 22.1 Å². The van der Waals surface area contributed by atoms with E-state index >= 15 is 0 Å². The molecule has 4 aromatic heterocycles. The smallest absolute Gasteiger partial charge is 0.219 e. The third-order valence-electron chi connectivity index (χ3n) is 11.3. The van der Waals surface area contributed by atoms with Gasteiger partial charge in [-0.25, -0.2) is 0 Å². The topological polar surface area (TPSA) is 151 Å². The van der Waals surface area contributed by atoms with Crippen LogP contribution in [0.5, 0.6) is 0 Å². The molecule has 2 saturated heterocycles. The average Bonchev–Trinajstić information content (AvgIpc) is 3.63. The number of ketones is 1. The molecule has 13 heteroatoms. The van der Waals surface area contributed by atoms with Crippen molar-refractivity contribution in [1.82, 2.24) is 39.3 Å². The van der Waals surface area contributed by atoms with E-state index in [1.807, 2.05) is 21.9 Å². The third kappa shape index (κ3) is 8.74. The van der Waals surface area contributed by atoms with Gasteiger partial charge in [-0.15, -0.1) is 0 Å². The second-order valence-electron chi connectivity index (χ2n) is 15.5. The van der Waals surface area contributed by atoms with Gasteiger partial charge in [0.2, 0.25) is 11.8 Å². The molecular weight excluding hydrogens is 741 g/mol. The zero-order valence-electron chi connectivity index (χ0n) is 33.9. The molecule has 6 heterocycles. The van der Waals surface area contributed by atoms with Crippen molar-refractivity contribution < 1.29 is 14.4 Å². The fourth-order valence-corrected chi connectivity index (χ4v) is 8.14. The molecule has 0 bridgehead atoms. The van der Waals surface area contributed by atoms with E-state index in [4.69, 9.17) is 0 Å². The van der Waals surface area contributed by atoms with E-state index in [0.29, 0.717) is 11.7 Å². The molecule has 0 aliphatic carbocycles. The van der Waals surface area contributed by atoms with Crippen LogP contribution in [0.15, 0.2) is 97.8 Å². The minimum absolute atomic E-state index is 0.0616. The lowest BCUT2D eigenvalue weighted by Crippen LogP contribution is -2.44. The third-order valence-corrected chi connectivity index (χ3v) is 11.3. The number of aromatic nitrogens is 6. The van der Waals surface area contributed by atoms with E-state index in [1.165, 1.54) is 17.8 Å². The van der Waals surface area contributed by atoms with Crippen LogP contribution in [-0.4, -0.2) is 95.1 Å². The van der Waals surface area contributed by atoms with E-state index in [9.17, 15) is 14.4 Å². The zero-order valence-corrected chi connectivity index (χ0v) is 33.9. The number of hydrogen-bond acceptors (Lipinski definition) is 10. The van der Waals surface area contributed by atoms with Gasteiger partial charge in [0, 0.05) is 137 Å². The Bertz CT molecular complexity index is 2670. The number of likely N-dealkylation sites (tertiary alicyclic amines) is 2. The molecule has 0 radical (unpaired) electrons. The number of nitrogens with zero attached hydrogens (tertiary/aromatic N) is 8. The molecule has 7 aromatic rings. The Kier molecular flexibility index (Phi) is 11.3. The highest BCUT2D eigenvalue weighted by Gasteiger charge is 2.23. The van der Waals surface area contributed by atoms with Crippen LogP contribution in [0, 0.1) is 0 Å². The molecular formula is C46H48N10O3. The first-order valence-electron chi connectivity index (χ1n) is 20.2. The van der Waals surface area contributed by atoms with Crippen molar-refractivity contribution in [2.24, 2.45) is 7.05 Å². The van der Waals surface area contributed by atoms with E-state index in [-0.39, 0.29) is 23.6 Å². The zero-order chi connectivity index (χ0) is 41.0. The summed E-state index contributed by atoms with van der Waals surface area (Å²) in [4.78, 5) is 61.1. The van der Waals surface area contributed by atoms with Gasteiger partial charge in [0.1, 0.15) is 5.69 Å². The molecule has 0 unspecified atom stereocenters. The van der Waals surface area contributed by atoms with Crippen LogP contribution in [0.1, 0.15) is 56.9 Å². The number of Topliss-reactive ketones (excluding diaryl/α,β-unsaturated/α-hetero) is 1. The normalized spacial score (nSPS) is 15.8. The first-order chi connectivity index (χ1) is 28.6. The predicted octanol–water partition coefficient (Wildman–Crippen LogP) is 7.53. The number of amides is 2. The number of nitrogens with one attached hydrogen (secondary N) is 2. The number of aryl methyl sites for hydroxylation is 1. The van der Waals surface area contributed by atoms with Crippen molar-refractivity contribution in [3.05, 3.63) is 104 Å². The van der Waals surface area contributed by atoms with Crippen LogP contribution in [0.25, 0.3) is 55.2 Å². The van der Waals surface area contributed by atoms with Crippen LogP contribution in [0.4, 0.5) is 11.4 Å². The van der Waals surface area contributed by atoms with Crippen LogP contribution in [0.2, 0.25) is 0 Å². The highest BCUT2D eigenvalue weighted by Crippen LogP contribution is 2.34. The number of rotatable bonds is 7. The summed E-state index contributed by atoms with van der Waals surface area (Å²) in [6, 6.07) is 21.1. The monoisotopic (exact) mass is 788 g/mol. The first kappa shape index (κ1) is 39.1. The Morgan fingerprint density at radius 3 is 1.85 bits per heavy atom. The fraction of sp³-hybridized carbons (Fsp3) is 0.304. The van der Waals surface area contributed by atoms with Crippen molar-refractivity contribution in [2.75, 3.05) is 36.8 Å². The number of benzene rings is 3. The number of carbonyl (C=O) groups is 3. The summed E-state index contributed by atoms with van der Waals surface area (Å²) in [5, 5.41) is 8.46. The van der Waals surface area contributed by atoms with E-state index in [1.54, 1.807) is 50.9 Å². The second kappa shape index (κ2) is 17.0. The second-order valence-corrected chi connectivity index (χ2v) is 15.5. The van der Waals surface area contributed by atoms with Crippen molar-refractivity contribution in [1.29, 1.82) is 0 Å². The summed E-state index contributed by atoms with van der Waals surface area (Å²) in [6.45, 7) is 7.88. The summed E-state index contributed by atoms with van der Waals surface area (Å²) in [5.74, 6) is 0.212. The molecule has 0 spiro atoms. The summed E-state index contributed by atoms with van der Waals surface area (Å²) < 4.78 is 2.13. The quantitative estimate of drug-likeness (QED) is 0.155. The molecule has 0 saturated carbocycles.